The molecular formula is C17H21N3O6. The van der Waals surface area contributed by atoms with Gasteiger partial charge in [-0.1, -0.05) is 6.07 Å². The topological polar surface area (TPSA) is 113 Å². The van der Waals surface area contributed by atoms with E-state index in [0.717, 1.165) is 0 Å². The minimum Gasteiger partial charge on any atom is -0.481 e. The Morgan fingerprint density at radius 3 is 2.54 bits per heavy atom. The maximum atomic E-state index is 13.1. The van der Waals surface area contributed by atoms with E-state index in [1.54, 1.807) is 17.9 Å². The number of ether oxygens (including phenoxy) is 1. The number of aliphatic carboxylic acids is 1. The Morgan fingerprint density at radius 1 is 1.27 bits per heavy atom. The number of carboxylic acid groups (broad SMARTS) is 1. The number of carbonyl (C=O) groups excluding carboxylic acids is 1. The molecule has 0 aromatic heterocycles. The highest BCUT2D eigenvalue weighted by atomic mass is 16.6. The van der Waals surface area contributed by atoms with Crippen molar-refractivity contribution in [3.8, 4) is 0 Å². The maximum absolute atomic E-state index is 13.1. The van der Waals surface area contributed by atoms with Crippen LogP contribution in [0.1, 0.15) is 23.7 Å². The van der Waals surface area contributed by atoms with Gasteiger partial charge in [-0.05, 0) is 19.4 Å². The second kappa shape index (κ2) is 7.28. The number of para-hydroxylation sites is 1. The van der Waals surface area contributed by atoms with Crippen molar-refractivity contribution in [1.82, 2.24) is 4.90 Å². The number of carbonyl (C=O) groups is 2. The second-order valence-electron chi connectivity index (χ2n) is 6.50. The molecular weight excluding hydrogens is 342 g/mol. The summed E-state index contributed by atoms with van der Waals surface area (Å²) in [6, 6.07) is 3.98. The number of carboxylic acids is 1. The smallest absolute Gasteiger partial charge is 0.308 e. The van der Waals surface area contributed by atoms with Gasteiger partial charge in [-0.3, -0.25) is 19.7 Å². The van der Waals surface area contributed by atoms with Crippen molar-refractivity contribution in [2.75, 3.05) is 37.7 Å². The summed E-state index contributed by atoms with van der Waals surface area (Å²) in [5, 5.41) is 20.8. The summed E-state index contributed by atoms with van der Waals surface area (Å²) in [6.07, 6.45) is 0.379. The molecule has 140 valence electrons. The van der Waals surface area contributed by atoms with Gasteiger partial charge in [0.15, 0.2) is 0 Å². The van der Waals surface area contributed by atoms with Crippen LogP contribution in [-0.4, -0.2) is 65.7 Å². The third kappa shape index (κ3) is 3.22. The van der Waals surface area contributed by atoms with Gasteiger partial charge < -0.3 is 19.6 Å². The summed E-state index contributed by atoms with van der Waals surface area (Å²) in [4.78, 5) is 38.8. The van der Waals surface area contributed by atoms with Gasteiger partial charge in [0.25, 0.3) is 11.6 Å². The van der Waals surface area contributed by atoms with Crippen LogP contribution in [0.25, 0.3) is 0 Å². The van der Waals surface area contributed by atoms with Crippen molar-refractivity contribution in [2.45, 2.75) is 19.4 Å². The highest BCUT2D eigenvalue weighted by Gasteiger charge is 2.40. The fourth-order valence-electron chi connectivity index (χ4n) is 3.68. The zero-order chi connectivity index (χ0) is 18.8. The van der Waals surface area contributed by atoms with Crippen molar-refractivity contribution in [1.29, 1.82) is 0 Å². The van der Waals surface area contributed by atoms with Crippen LogP contribution in [0.15, 0.2) is 18.2 Å². The molecule has 2 atom stereocenters. The standard InChI is InChI=1S/C17H21N3O6/c1-11-12(17(22)23)5-6-19(11)16(21)13-3-2-4-14(20(24)25)15(13)18-7-9-26-10-8-18/h2-4,11-12H,5-10H2,1H3,(H,22,23). The molecule has 2 fully saturated rings. The summed E-state index contributed by atoms with van der Waals surface area (Å²) in [7, 11) is 0. The van der Waals surface area contributed by atoms with Crippen molar-refractivity contribution in [3.63, 3.8) is 0 Å². The molecule has 0 bridgehead atoms. The largest absolute Gasteiger partial charge is 0.481 e. The zero-order valence-corrected chi connectivity index (χ0v) is 14.5. The predicted molar refractivity (Wildman–Crippen MR) is 92.4 cm³/mol. The first-order valence-electron chi connectivity index (χ1n) is 8.55. The van der Waals surface area contributed by atoms with Gasteiger partial charge >= 0.3 is 5.97 Å². The monoisotopic (exact) mass is 363 g/mol. The predicted octanol–water partition coefficient (Wildman–Crippen LogP) is 1.37. The van der Waals surface area contributed by atoms with Crippen LogP contribution in [0.2, 0.25) is 0 Å². The number of benzene rings is 1. The fourth-order valence-corrected chi connectivity index (χ4v) is 3.68. The lowest BCUT2D eigenvalue weighted by molar-refractivity contribution is -0.384. The Labute approximate surface area is 150 Å². The Balaban J connectivity index is 1.99. The van der Waals surface area contributed by atoms with Gasteiger partial charge in [0.2, 0.25) is 0 Å². The summed E-state index contributed by atoms with van der Waals surface area (Å²) < 4.78 is 5.31. The average molecular weight is 363 g/mol. The number of anilines is 1. The van der Waals surface area contributed by atoms with Crippen LogP contribution in [0.3, 0.4) is 0 Å². The van der Waals surface area contributed by atoms with Crippen molar-refractivity contribution < 1.29 is 24.4 Å². The molecule has 9 nitrogen and oxygen atoms in total. The molecule has 1 aromatic carbocycles. The Morgan fingerprint density at radius 2 is 1.96 bits per heavy atom. The zero-order valence-electron chi connectivity index (χ0n) is 14.5. The molecule has 9 heteroatoms. The van der Waals surface area contributed by atoms with Crippen LogP contribution in [0, 0.1) is 16.0 Å². The maximum Gasteiger partial charge on any atom is 0.308 e. The first kappa shape index (κ1) is 18.1. The van der Waals surface area contributed by atoms with Gasteiger partial charge in [-0.25, -0.2) is 0 Å². The summed E-state index contributed by atoms with van der Waals surface area (Å²) in [5.41, 5.74) is 0.398. The number of hydrogen-bond acceptors (Lipinski definition) is 6. The summed E-state index contributed by atoms with van der Waals surface area (Å²) in [5.74, 6) is -1.92. The molecule has 2 aliphatic heterocycles. The quantitative estimate of drug-likeness (QED) is 0.635. The number of nitrogens with zero attached hydrogens (tertiary/aromatic N) is 3. The molecule has 1 aromatic rings. The van der Waals surface area contributed by atoms with Crippen molar-refractivity contribution in [2.24, 2.45) is 5.92 Å². The van der Waals surface area contributed by atoms with Gasteiger partial charge in [0.1, 0.15) is 5.69 Å². The highest BCUT2D eigenvalue weighted by Crippen LogP contribution is 2.35. The Bertz CT molecular complexity index is 731. The minimum atomic E-state index is -0.930. The molecule has 0 spiro atoms. The number of rotatable bonds is 4. The van der Waals surface area contributed by atoms with E-state index in [-0.39, 0.29) is 22.8 Å². The first-order valence-corrected chi connectivity index (χ1v) is 8.55. The van der Waals surface area contributed by atoms with E-state index in [4.69, 9.17) is 4.74 Å². The van der Waals surface area contributed by atoms with Crippen LogP contribution in [-0.2, 0) is 9.53 Å². The number of hydrogen-bond donors (Lipinski definition) is 1. The molecule has 0 saturated carbocycles. The minimum absolute atomic E-state index is 0.126. The number of morpholine rings is 1. The van der Waals surface area contributed by atoms with Gasteiger partial charge in [0.05, 0.1) is 29.6 Å². The van der Waals surface area contributed by atoms with E-state index < -0.39 is 22.9 Å². The van der Waals surface area contributed by atoms with E-state index in [9.17, 15) is 24.8 Å². The second-order valence-corrected chi connectivity index (χ2v) is 6.50. The number of nitro benzene ring substituents is 1. The molecule has 2 saturated heterocycles. The van der Waals surface area contributed by atoms with Crippen LogP contribution in [0.5, 0.6) is 0 Å². The Kier molecular flexibility index (Phi) is 5.08. The molecule has 26 heavy (non-hydrogen) atoms. The molecule has 0 radical (unpaired) electrons. The Hall–Kier alpha value is -2.68. The van der Waals surface area contributed by atoms with Gasteiger partial charge in [0, 0.05) is 31.7 Å². The molecule has 2 heterocycles. The van der Waals surface area contributed by atoms with E-state index in [0.29, 0.717) is 39.3 Å². The van der Waals surface area contributed by atoms with Crippen molar-refractivity contribution >= 4 is 23.3 Å². The normalized spacial score (nSPS) is 23.1. The van der Waals surface area contributed by atoms with E-state index in [1.165, 1.54) is 17.0 Å². The van der Waals surface area contributed by atoms with Crippen LogP contribution in [0.4, 0.5) is 11.4 Å². The van der Waals surface area contributed by atoms with Gasteiger partial charge in [-0.15, -0.1) is 0 Å². The van der Waals surface area contributed by atoms with E-state index in [1.807, 2.05) is 0 Å². The van der Waals surface area contributed by atoms with Crippen molar-refractivity contribution in [3.05, 3.63) is 33.9 Å². The lowest BCUT2D eigenvalue weighted by Crippen LogP contribution is -2.41. The highest BCUT2D eigenvalue weighted by molar-refractivity contribution is 6.02. The number of likely N-dealkylation sites (tertiary alicyclic amines) is 1. The average Bonchev–Trinajstić information content (AvgIpc) is 3.02. The third-order valence-corrected chi connectivity index (χ3v) is 5.10. The lowest BCUT2D eigenvalue weighted by atomic mass is 10.0. The van der Waals surface area contributed by atoms with E-state index in [2.05, 4.69) is 0 Å². The molecule has 1 amide bonds. The summed E-state index contributed by atoms with van der Waals surface area (Å²) >= 11 is 0. The molecule has 3 rings (SSSR count). The number of nitro groups is 1. The van der Waals surface area contributed by atoms with E-state index >= 15 is 0 Å². The third-order valence-electron chi connectivity index (χ3n) is 5.10. The lowest BCUT2D eigenvalue weighted by Gasteiger charge is -2.31. The molecule has 0 aliphatic carbocycles. The van der Waals surface area contributed by atoms with Crippen LogP contribution < -0.4 is 4.90 Å². The fraction of sp³-hybridized carbons (Fsp3) is 0.529. The summed E-state index contributed by atoms with van der Waals surface area (Å²) in [6.45, 7) is 3.80. The molecule has 2 unspecified atom stereocenters. The number of amides is 1. The molecule has 2 aliphatic rings. The van der Waals surface area contributed by atoms with Gasteiger partial charge in [-0.2, -0.15) is 0 Å². The van der Waals surface area contributed by atoms with Crippen LogP contribution >= 0.6 is 0 Å². The SMILES string of the molecule is CC1C(C(=O)O)CCN1C(=O)c1cccc([N+](=O)[O-])c1N1CCOCC1. The molecule has 1 N–H and O–H groups in total. The first-order chi connectivity index (χ1) is 12.4.